The van der Waals surface area contributed by atoms with Crippen molar-refractivity contribution in [3.8, 4) is 22.8 Å². The van der Waals surface area contributed by atoms with E-state index in [0.717, 1.165) is 19.2 Å². The Morgan fingerprint density at radius 1 is 1.07 bits per heavy atom. The van der Waals surface area contributed by atoms with Crippen LogP contribution in [0, 0.1) is 21.7 Å². The smallest absolute Gasteiger partial charge is 0.316 e. The van der Waals surface area contributed by atoms with E-state index in [1.165, 1.54) is 37.7 Å². The van der Waals surface area contributed by atoms with Crippen molar-refractivity contribution in [1.29, 1.82) is 0 Å². The van der Waals surface area contributed by atoms with E-state index >= 15 is 0 Å². The summed E-state index contributed by atoms with van der Waals surface area (Å²) in [6.07, 6.45) is 1.22. The molecule has 0 fully saturated rings. The lowest BCUT2D eigenvalue weighted by Gasteiger charge is -2.11. The maximum Gasteiger partial charge on any atom is 0.316 e. The predicted molar refractivity (Wildman–Crippen MR) is 96.9 cm³/mol. The van der Waals surface area contributed by atoms with Gasteiger partial charge in [-0.3, -0.25) is 10.1 Å². The predicted octanol–water partition coefficient (Wildman–Crippen LogP) is 4.09. The number of hydrogen-bond donors (Lipinski definition) is 1. The summed E-state index contributed by atoms with van der Waals surface area (Å²) in [5.41, 5.74) is 0.282. The number of anilines is 2. The molecule has 28 heavy (non-hydrogen) atoms. The van der Waals surface area contributed by atoms with Crippen molar-refractivity contribution in [1.82, 2.24) is 9.97 Å². The highest BCUT2D eigenvalue weighted by molar-refractivity contribution is 5.71. The first kappa shape index (κ1) is 19.0. The second-order valence-electron chi connectivity index (χ2n) is 5.53. The SMILES string of the molecule is COc1ccc(F)cc1-c1cc(Nc2cc(F)c(OC)c([N+](=O)[O-])c2)ncn1. The molecule has 0 bridgehead atoms. The minimum Gasteiger partial charge on any atom is -0.496 e. The molecule has 0 spiro atoms. The summed E-state index contributed by atoms with van der Waals surface area (Å²) in [5, 5.41) is 13.9. The largest absolute Gasteiger partial charge is 0.496 e. The quantitative estimate of drug-likeness (QED) is 0.501. The maximum absolute atomic E-state index is 14.1. The number of nitro benzene ring substituents is 1. The van der Waals surface area contributed by atoms with Crippen molar-refractivity contribution in [2.75, 3.05) is 19.5 Å². The normalized spacial score (nSPS) is 10.4. The van der Waals surface area contributed by atoms with Crippen molar-refractivity contribution in [3.05, 3.63) is 64.5 Å². The molecule has 0 unspecified atom stereocenters. The van der Waals surface area contributed by atoms with Crippen LogP contribution in [-0.4, -0.2) is 29.1 Å². The summed E-state index contributed by atoms with van der Waals surface area (Å²) >= 11 is 0. The van der Waals surface area contributed by atoms with Crippen LogP contribution in [0.4, 0.5) is 26.0 Å². The molecule has 0 aliphatic carbocycles. The summed E-state index contributed by atoms with van der Waals surface area (Å²) < 4.78 is 37.7. The first-order valence-corrected chi connectivity index (χ1v) is 7.88. The second kappa shape index (κ2) is 7.82. The zero-order chi connectivity index (χ0) is 20.3. The Bertz CT molecular complexity index is 1050. The molecule has 10 heteroatoms. The van der Waals surface area contributed by atoms with Crippen LogP contribution in [0.3, 0.4) is 0 Å². The third-order valence-corrected chi connectivity index (χ3v) is 3.80. The lowest BCUT2D eigenvalue weighted by Crippen LogP contribution is -2.01. The van der Waals surface area contributed by atoms with Gasteiger partial charge < -0.3 is 14.8 Å². The van der Waals surface area contributed by atoms with Gasteiger partial charge in [0.1, 0.15) is 23.7 Å². The second-order valence-corrected chi connectivity index (χ2v) is 5.53. The van der Waals surface area contributed by atoms with Gasteiger partial charge in [0.25, 0.3) is 0 Å². The van der Waals surface area contributed by atoms with Gasteiger partial charge in [-0.2, -0.15) is 0 Å². The van der Waals surface area contributed by atoms with E-state index in [1.54, 1.807) is 0 Å². The van der Waals surface area contributed by atoms with Crippen LogP contribution in [0.15, 0.2) is 42.7 Å². The van der Waals surface area contributed by atoms with E-state index in [4.69, 9.17) is 9.47 Å². The van der Waals surface area contributed by atoms with Crippen LogP contribution in [0.25, 0.3) is 11.3 Å². The van der Waals surface area contributed by atoms with Crippen molar-refractivity contribution in [3.63, 3.8) is 0 Å². The molecule has 8 nitrogen and oxygen atoms in total. The zero-order valence-electron chi connectivity index (χ0n) is 14.8. The number of nitro groups is 1. The molecule has 2 aromatic carbocycles. The standard InChI is InChI=1S/C18H14F2N4O4/c1-27-16-4-3-10(19)5-12(16)14-8-17(22-9-21-14)23-11-6-13(20)18(28-2)15(7-11)24(25)26/h3-9H,1-2H3,(H,21,22,23). The fraction of sp³-hybridized carbons (Fsp3) is 0.111. The van der Waals surface area contributed by atoms with Gasteiger partial charge in [0, 0.05) is 29.4 Å². The first-order chi connectivity index (χ1) is 13.4. The van der Waals surface area contributed by atoms with Gasteiger partial charge in [-0.25, -0.2) is 18.7 Å². The molecule has 0 amide bonds. The molecule has 0 radical (unpaired) electrons. The minimum absolute atomic E-state index is 0.0841. The third kappa shape index (κ3) is 3.80. The van der Waals surface area contributed by atoms with Gasteiger partial charge in [-0.15, -0.1) is 0 Å². The Kier molecular flexibility index (Phi) is 5.30. The molecule has 1 aromatic heterocycles. The van der Waals surface area contributed by atoms with E-state index < -0.39 is 28.0 Å². The first-order valence-electron chi connectivity index (χ1n) is 7.88. The average Bonchev–Trinajstić information content (AvgIpc) is 2.67. The fourth-order valence-electron chi connectivity index (χ4n) is 2.59. The summed E-state index contributed by atoms with van der Waals surface area (Å²) in [4.78, 5) is 18.5. The molecule has 0 aliphatic rings. The van der Waals surface area contributed by atoms with Crippen LogP contribution >= 0.6 is 0 Å². The Morgan fingerprint density at radius 3 is 2.54 bits per heavy atom. The van der Waals surface area contributed by atoms with Crippen molar-refractivity contribution in [2.24, 2.45) is 0 Å². The minimum atomic E-state index is -0.903. The molecule has 3 aromatic rings. The van der Waals surface area contributed by atoms with Crippen molar-refractivity contribution in [2.45, 2.75) is 0 Å². The van der Waals surface area contributed by atoms with Crippen LogP contribution in [0.5, 0.6) is 11.5 Å². The van der Waals surface area contributed by atoms with Gasteiger partial charge in [-0.1, -0.05) is 0 Å². The number of benzene rings is 2. The van der Waals surface area contributed by atoms with E-state index in [9.17, 15) is 18.9 Å². The number of halogens is 2. The summed E-state index contributed by atoms with van der Waals surface area (Å²) in [6, 6.07) is 7.60. The third-order valence-electron chi connectivity index (χ3n) is 3.80. The van der Waals surface area contributed by atoms with Gasteiger partial charge in [0.15, 0.2) is 5.82 Å². The van der Waals surface area contributed by atoms with Crippen LogP contribution in [0.1, 0.15) is 0 Å². The monoisotopic (exact) mass is 388 g/mol. The number of methoxy groups -OCH3 is 2. The molecule has 0 atom stereocenters. The number of nitrogens with one attached hydrogen (secondary N) is 1. The highest BCUT2D eigenvalue weighted by atomic mass is 19.1. The van der Waals surface area contributed by atoms with E-state index in [2.05, 4.69) is 15.3 Å². The van der Waals surface area contributed by atoms with Crippen molar-refractivity contribution >= 4 is 17.2 Å². The molecular weight excluding hydrogens is 374 g/mol. The van der Waals surface area contributed by atoms with Crippen LogP contribution in [-0.2, 0) is 0 Å². The number of rotatable bonds is 6. The number of nitrogens with zero attached hydrogens (tertiary/aromatic N) is 3. The molecule has 1 heterocycles. The van der Waals surface area contributed by atoms with E-state index in [-0.39, 0.29) is 11.5 Å². The van der Waals surface area contributed by atoms with Gasteiger partial charge in [0.05, 0.1) is 24.8 Å². The fourth-order valence-corrected chi connectivity index (χ4v) is 2.59. The van der Waals surface area contributed by atoms with Gasteiger partial charge in [-0.05, 0) is 18.2 Å². The van der Waals surface area contributed by atoms with E-state index in [1.807, 2.05) is 0 Å². The average molecular weight is 388 g/mol. The lowest BCUT2D eigenvalue weighted by atomic mass is 10.1. The maximum atomic E-state index is 14.1. The molecule has 0 saturated carbocycles. The van der Waals surface area contributed by atoms with Crippen LogP contribution < -0.4 is 14.8 Å². The molecule has 1 N–H and O–H groups in total. The number of ether oxygens (including phenoxy) is 2. The molecule has 144 valence electrons. The number of aromatic nitrogens is 2. The lowest BCUT2D eigenvalue weighted by molar-refractivity contribution is -0.385. The Labute approximate surface area is 157 Å². The highest BCUT2D eigenvalue weighted by Gasteiger charge is 2.21. The zero-order valence-corrected chi connectivity index (χ0v) is 14.8. The highest BCUT2D eigenvalue weighted by Crippen LogP contribution is 2.35. The van der Waals surface area contributed by atoms with Gasteiger partial charge in [0.2, 0.25) is 5.75 Å². The molecule has 3 rings (SSSR count). The van der Waals surface area contributed by atoms with E-state index in [0.29, 0.717) is 17.0 Å². The Hall–Kier alpha value is -3.82. The Balaban J connectivity index is 1.99. The molecule has 0 aliphatic heterocycles. The summed E-state index contributed by atoms with van der Waals surface area (Å²) in [5.74, 6) is -1.23. The molecular formula is C18H14F2N4O4. The summed E-state index contributed by atoms with van der Waals surface area (Å²) in [6.45, 7) is 0. The summed E-state index contributed by atoms with van der Waals surface area (Å²) in [7, 11) is 2.58. The topological polar surface area (TPSA) is 99.4 Å². The molecule has 0 saturated heterocycles. The van der Waals surface area contributed by atoms with Crippen molar-refractivity contribution < 1.29 is 23.2 Å². The number of hydrogen-bond acceptors (Lipinski definition) is 7. The Morgan fingerprint density at radius 2 is 1.86 bits per heavy atom. The van der Waals surface area contributed by atoms with Gasteiger partial charge >= 0.3 is 5.69 Å². The van der Waals surface area contributed by atoms with Crippen LogP contribution in [0.2, 0.25) is 0 Å².